The summed E-state index contributed by atoms with van der Waals surface area (Å²) >= 11 is 0. The van der Waals surface area contributed by atoms with E-state index in [0.29, 0.717) is 5.56 Å². The van der Waals surface area contributed by atoms with Crippen molar-refractivity contribution in [3.05, 3.63) is 41.3 Å². The number of nitrogens with one attached hydrogen (secondary N) is 1. The molecular weight excluding hydrogens is 277 g/mol. The predicted octanol–water partition coefficient (Wildman–Crippen LogP) is 2.86. The van der Waals surface area contributed by atoms with Crippen molar-refractivity contribution in [3.63, 3.8) is 0 Å². The van der Waals surface area contributed by atoms with E-state index in [1.165, 1.54) is 31.4 Å². The van der Waals surface area contributed by atoms with E-state index in [0.717, 1.165) is 0 Å². The molecule has 0 unspecified atom stereocenters. The van der Waals surface area contributed by atoms with Gasteiger partial charge in [-0.25, -0.2) is 14.0 Å². The number of rotatable bonds is 3. The van der Waals surface area contributed by atoms with Gasteiger partial charge in [-0.3, -0.25) is 5.32 Å². The highest BCUT2D eigenvalue weighted by molar-refractivity contribution is 5.96. The molecule has 114 valence electrons. The number of methoxy groups -OCH3 is 1. The van der Waals surface area contributed by atoms with Crippen LogP contribution < -0.4 is 5.32 Å². The maximum Gasteiger partial charge on any atom is 0.412 e. The van der Waals surface area contributed by atoms with Crippen molar-refractivity contribution in [3.8, 4) is 0 Å². The van der Waals surface area contributed by atoms with E-state index in [2.05, 4.69) is 10.1 Å². The molecule has 1 aromatic carbocycles. The Balaban J connectivity index is 2.96. The SMILES string of the molecule is COC(=O)/C(=C/c1cccc(F)c1)NC(=O)OC(C)(C)C. The van der Waals surface area contributed by atoms with Crippen LogP contribution in [0, 0.1) is 5.82 Å². The summed E-state index contributed by atoms with van der Waals surface area (Å²) in [4.78, 5) is 23.3. The molecule has 0 aliphatic heterocycles. The Hall–Kier alpha value is -2.37. The van der Waals surface area contributed by atoms with Crippen LogP contribution in [0.2, 0.25) is 0 Å². The van der Waals surface area contributed by atoms with Crippen molar-refractivity contribution in [2.75, 3.05) is 7.11 Å². The second-order valence-corrected chi connectivity index (χ2v) is 5.23. The first-order valence-electron chi connectivity index (χ1n) is 6.27. The second-order valence-electron chi connectivity index (χ2n) is 5.23. The smallest absolute Gasteiger partial charge is 0.412 e. The van der Waals surface area contributed by atoms with E-state index < -0.39 is 23.5 Å². The normalized spacial score (nSPS) is 11.8. The molecule has 0 fully saturated rings. The number of esters is 1. The number of amides is 1. The molecule has 21 heavy (non-hydrogen) atoms. The van der Waals surface area contributed by atoms with Gasteiger partial charge >= 0.3 is 12.1 Å². The van der Waals surface area contributed by atoms with E-state index in [-0.39, 0.29) is 5.70 Å². The summed E-state index contributed by atoms with van der Waals surface area (Å²) in [6.45, 7) is 5.09. The van der Waals surface area contributed by atoms with Crippen LogP contribution in [0.5, 0.6) is 0 Å². The highest BCUT2D eigenvalue weighted by Gasteiger charge is 2.20. The Labute approximate surface area is 122 Å². The maximum absolute atomic E-state index is 13.1. The first kappa shape index (κ1) is 16.7. The summed E-state index contributed by atoms with van der Waals surface area (Å²) in [7, 11) is 1.18. The van der Waals surface area contributed by atoms with Gasteiger partial charge in [-0.2, -0.15) is 0 Å². The molecule has 1 aromatic rings. The number of alkyl carbamates (subject to hydrolysis) is 1. The lowest BCUT2D eigenvalue weighted by Gasteiger charge is -2.20. The molecule has 0 aliphatic rings. The number of hydrogen-bond donors (Lipinski definition) is 1. The third-order valence-electron chi connectivity index (χ3n) is 2.20. The maximum atomic E-state index is 13.1. The van der Waals surface area contributed by atoms with Crippen molar-refractivity contribution in [1.82, 2.24) is 5.32 Å². The van der Waals surface area contributed by atoms with Crippen molar-refractivity contribution in [2.45, 2.75) is 26.4 Å². The van der Waals surface area contributed by atoms with E-state index in [1.54, 1.807) is 26.8 Å². The summed E-state index contributed by atoms with van der Waals surface area (Å²) in [6.07, 6.45) is 0.509. The second kappa shape index (κ2) is 6.88. The van der Waals surface area contributed by atoms with Gasteiger partial charge in [0.05, 0.1) is 7.11 Å². The van der Waals surface area contributed by atoms with Gasteiger partial charge in [-0.05, 0) is 44.5 Å². The molecule has 6 heteroatoms. The van der Waals surface area contributed by atoms with Gasteiger partial charge in [0.1, 0.15) is 17.1 Å². The van der Waals surface area contributed by atoms with Gasteiger partial charge < -0.3 is 9.47 Å². The number of hydrogen-bond acceptors (Lipinski definition) is 4. The quantitative estimate of drug-likeness (QED) is 0.688. The van der Waals surface area contributed by atoms with Crippen molar-refractivity contribution >= 4 is 18.1 Å². The number of halogens is 1. The molecule has 1 N–H and O–H groups in total. The highest BCUT2D eigenvalue weighted by atomic mass is 19.1. The van der Waals surface area contributed by atoms with Gasteiger partial charge in [0.2, 0.25) is 0 Å². The molecule has 0 aliphatic carbocycles. The first-order valence-corrected chi connectivity index (χ1v) is 6.27. The van der Waals surface area contributed by atoms with Crippen LogP contribution in [0.1, 0.15) is 26.3 Å². The van der Waals surface area contributed by atoms with Crippen molar-refractivity contribution in [2.24, 2.45) is 0 Å². The van der Waals surface area contributed by atoms with E-state index in [4.69, 9.17) is 4.74 Å². The third-order valence-corrected chi connectivity index (χ3v) is 2.20. The molecule has 5 nitrogen and oxygen atoms in total. The van der Waals surface area contributed by atoms with Crippen LogP contribution in [0.25, 0.3) is 6.08 Å². The number of ether oxygens (including phenoxy) is 2. The molecule has 0 aromatic heterocycles. The number of carbonyl (C=O) groups is 2. The predicted molar refractivity (Wildman–Crippen MR) is 75.8 cm³/mol. The van der Waals surface area contributed by atoms with Gasteiger partial charge in [0.25, 0.3) is 0 Å². The van der Waals surface area contributed by atoms with Gasteiger partial charge in [-0.15, -0.1) is 0 Å². The molecular formula is C15H18FNO4. The minimum Gasteiger partial charge on any atom is -0.464 e. The Morgan fingerprint density at radius 2 is 1.95 bits per heavy atom. The fourth-order valence-corrected chi connectivity index (χ4v) is 1.43. The number of benzene rings is 1. The lowest BCUT2D eigenvalue weighted by Crippen LogP contribution is -2.34. The number of carbonyl (C=O) groups excluding carboxylic acids is 2. The highest BCUT2D eigenvalue weighted by Crippen LogP contribution is 2.11. The zero-order valence-electron chi connectivity index (χ0n) is 12.4. The van der Waals surface area contributed by atoms with Crippen molar-refractivity contribution in [1.29, 1.82) is 0 Å². The Kier molecular flexibility index (Phi) is 5.46. The van der Waals surface area contributed by atoms with Crippen LogP contribution >= 0.6 is 0 Å². The van der Waals surface area contributed by atoms with Crippen LogP contribution in [-0.4, -0.2) is 24.8 Å². The van der Waals surface area contributed by atoms with Crippen LogP contribution in [0.3, 0.4) is 0 Å². The lowest BCUT2D eigenvalue weighted by molar-refractivity contribution is -0.136. The summed E-state index contributed by atoms with van der Waals surface area (Å²) < 4.78 is 22.8. The van der Waals surface area contributed by atoms with Gasteiger partial charge in [-0.1, -0.05) is 12.1 Å². The largest absolute Gasteiger partial charge is 0.464 e. The Bertz CT molecular complexity index is 561. The monoisotopic (exact) mass is 295 g/mol. The molecule has 1 rings (SSSR count). The molecule has 0 heterocycles. The topological polar surface area (TPSA) is 64.6 Å². The minimum atomic E-state index is -0.796. The zero-order chi connectivity index (χ0) is 16.0. The molecule has 0 radical (unpaired) electrons. The first-order chi connectivity index (χ1) is 9.71. The molecule has 0 spiro atoms. The summed E-state index contributed by atoms with van der Waals surface area (Å²) in [5.41, 5.74) is -0.437. The average molecular weight is 295 g/mol. The standard InChI is InChI=1S/C15H18FNO4/c1-15(2,3)21-14(19)17-12(13(18)20-4)9-10-6-5-7-11(16)8-10/h5-9H,1-4H3,(H,17,19)/b12-9-. The third kappa shape index (κ3) is 6.07. The zero-order valence-corrected chi connectivity index (χ0v) is 12.4. The average Bonchev–Trinajstić information content (AvgIpc) is 2.34. The Morgan fingerprint density at radius 1 is 1.29 bits per heavy atom. The summed E-state index contributed by atoms with van der Waals surface area (Å²) in [6, 6.07) is 5.57. The molecule has 0 atom stereocenters. The van der Waals surface area contributed by atoms with E-state index in [1.807, 2.05) is 0 Å². The molecule has 0 saturated heterocycles. The minimum absolute atomic E-state index is 0.141. The fourth-order valence-electron chi connectivity index (χ4n) is 1.43. The van der Waals surface area contributed by atoms with Crippen molar-refractivity contribution < 1.29 is 23.5 Å². The van der Waals surface area contributed by atoms with Crippen LogP contribution in [0.4, 0.5) is 9.18 Å². The Morgan fingerprint density at radius 3 is 2.48 bits per heavy atom. The van der Waals surface area contributed by atoms with Gasteiger partial charge in [0, 0.05) is 0 Å². The molecule has 0 saturated carbocycles. The summed E-state index contributed by atoms with van der Waals surface area (Å²) in [5.74, 6) is -1.21. The van der Waals surface area contributed by atoms with Crippen LogP contribution in [-0.2, 0) is 14.3 Å². The van der Waals surface area contributed by atoms with Gasteiger partial charge in [0.15, 0.2) is 0 Å². The van der Waals surface area contributed by atoms with E-state index in [9.17, 15) is 14.0 Å². The molecule has 1 amide bonds. The lowest BCUT2D eigenvalue weighted by atomic mass is 10.2. The van der Waals surface area contributed by atoms with Crippen LogP contribution in [0.15, 0.2) is 30.0 Å². The summed E-state index contributed by atoms with van der Waals surface area (Å²) in [5, 5.41) is 2.30. The molecule has 0 bridgehead atoms. The van der Waals surface area contributed by atoms with E-state index >= 15 is 0 Å². The fraction of sp³-hybridized carbons (Fsp3) is 0.333.